The lowest BCUT2D eigenvalue weighted by molar-refractivity contribution is 0.610. The Morgan fingerprint density at radius 3 is 3.10 bits per heavy atom. The van der Waals surface area contributed by atoms with Crippen molar-refractivity contribution in [2.45, 2.75) is 43.5 Å². The van der Waals surface area contributed by atoms with Crippen LogP contribution in [0.1, 0.15) is 35.9 Å². The van der Waals surface area contributed by atoms with E-state index in [1.807, 2.05) is 6.92 Å². The summed E-state index contributed by atoms with van der Waals surface area (Å²) in [6.07, 6.45) is 4.81. The van der Waals surface area contributed by atoms with Crippen molar-refractivity contribution in [1.82, 2.24) is 15.0 Å². The van der Waals surface area contributed by atoms with Crippen LogP contribution in [0.25, 0.3) is 0 Å². The van der Waals surface area contributed by atoms with E-state index in [4.69, 9.17) is 0 Å². The zero-order valence-electron chi connectivity index (χ0n) is 11.8. The van der Waals surface area contributed by atoms with E-state index in [-0.39, 0.29) is 11.4 Å². The maximum absolute atomic E-state index is 13.9. The molecule has 0 amide bonds. The Hall–Kier alpha value is -1.69. The van der Waals surface area contributed by atoms with Gasteiger partial charge in [0.15, 0.2) is 5.16 Å². The second-order valence-electron chi connectivity index (χ2n) is 5.01. The molecule has 0 radical (unpaired) electrons. The fourth-order valence-corrected chi connectivity index (χ4v) is 3.52. The first-order valence-electron chi connectivity index (χ1n) is 7.06. The van der Waals surface area contributed by atoms with E-state index >= 15 is 0 Å². The number of aryl methyl sites for hydroxylation is 2. The fraction of sp³-hybridized carbons (Fsp3) is 0.400. The Kier molecular flexibility index (Phi) is 4.05. The average Bonchev–Trinajstić information content (AvgIpc) is 2.94. The zero-order chi connectivity index (χ0) is 14.8. The van der Waals surface area contributed by atoms with Crippen molar-refractivity contribution in [2.24, 2.45) is 0 Å². The largest absolute Gasteiger partial charge is 0.301 e. The highest BCUT2D eigenvalue weighted by Gasteiger charge is 2.17. The van der Waals surface area contributed by atoms with Crippen molar-refractivity contribution < 1.29 is 4.39 Å². The van der Waals surface area contributed by atoms with Gasteiger partial charge in [0, 0.05) is 28.8 Å². The predicted octanol–water partition coefficient (Wildman–Crippen LogP) is 2.65. The smallest absolute Gasteiger partial charge is 0.254 e. The summed E-state index contributed by atoms with van der Waals surface area (Å²) < 4.78 is 13.9. The normalized spacial score (nSPS) is 13.4. The molecule has 2 aromatic rings. The maximum Gasteiger partial charge on any atom is 0.254 e. The van der Waals surface area contributed by atoms with Crippen molar-refractivity contribution in [3.05, 3.63) is 50.9 Å². The summed E-state index contributed by atoms with van der Waals surface area (Å²) in [7, 11) is 0. The van der Waals surface area contributed by atoms with E-state index in [0.717, 1.165) is 36.2 Å². The summed E-state index contributed by atoms with van der Waals surface area (Å²) in [5, 5.41) is 0.561. The van der Waals surface area contributed by atoms with E-state index in [9.17, 15) is 9.18 Å². The topological polar surface area (TPSA) is 58.6 Å². The van der Waals surface area contributed by atoms with Crippen LogP contribution in [0.2, 0.25) is 0 Å². The number of aromatic nitrogens is 3. The number of aromatic amines is 1. The van der Waals surface area contributed by atoms with Crippen LogP contribution >= 0.6 is 11.8 Å². The summed E-state index contributed by atoms with van der Waals surface area (Å²) in [6, 6.07) is 1.37. The van der Waals surface area contributed by atoms with Crippen molar-refractivity contribution in [1.29, 1.82) is 0 Å². The molecular weight excluding hydrogens is 289 g/mol. The number of H-pyrrole nitrogens is 1. The predicted molar refractivity (Wildman–Crippen MR) is 80.0 cm³/mol. The lowest BCUT2D eigenvalue weighted by atomic mass is 10.2. The molecule has 6 heteroatoms. The Bertz CT molecular complexity index is 729. The lowest BCUT2D eigenvalue weighted by Crippen LogP contribution is -2.15. The van der Waals surface area contributed by atoms with Gasteiger partial charge < -0.3 is 4.98 Å². The molecule has 0 saturated carbocycles. The van der Waals surface area contributed by atoms with Crippen molar-refractivity contribution in [3.8, 4) is 0 Å². The van der Waals surface area contributed by atoms with Gasteiger partial charge in [0.05, 0.1) is 5.69 Å². The minimum atomic E-state index is -0.252. The van der Waals surface area contributed by atoms with Crippen LogP contribution in [0, 0.1) is 5.82 Å². The zero-order valence-corrected chi connectivity index (χ0v) is 12.6. The number of halogens is 1. The van der Waals surface area contributed by atoms with Crippen molar-refractivity contribution in [2.75, 3.05) is 0 Å². The third-order valence-corrected chi connectivity index (χ3v) is 4.60. The first-order chi connectivity index (χ1) is 10.2. The van der Waals surface area contributed by atoms with Crippen LogP contribution in [0.15, 0.2) is 22.2 Å². The van der Waals surface area contributed by atoms with Crippen LogP contribution in [0.3, 0.4) is 0 Å². The standard InChI is InChI=1S/C15H16FN3OS/c1-2-12-10(11(16)6-7-17-12)8-21-15-18-13-5-3-4-9(13)14(20)19-15/h6-7H,2-5,8H2,1H3,(H,18,19,20). The Labute approximate surface area is 126 Å². The second-order valence-corrected chi connectivity index (χ2v) is 5.97. The number of hydrogen-bond donors (Lipinski definition) is 1. The Morgan fingerprint density at radius 2 is 2.29 bits per heavy atom. The average molecular weight is 305 g/mol. The van der Waals surface area contributed by atoms with Gasteiger partial charge in [-0.25, -0.2) is 9.37 Å². The van der Waals surface area contributed by atoms with Gasteiger partial charge >= 0.3 is 0 Å². The molecule has 4 nitrogen and oxygen atoms in total. The van der Waals surface area contributed by atoms with Crippen LogP contribution < -0.4 is 5.56 Å². The molecule has 0 aliphatic heterocycles. The van der Waals surface area contributed by atoms with E-state index in [1.54, 1.807) is 0 Å². The Balaban J connectivity index is 1.83. The number of fused-ring (bicyclic) bond motifs is 1. The number of thioether (sulfide) groups is 1. The van der Waals surface area contributed by atoms with Crippen molar-refractivity contribution in [3.63, 3.8) is 0 Å². The number of pyridine rings is 1. The summed E-state index contributed by atoms with van der Waals surface area (Å²) in [4.78, 5) is 23.4. The molecular formula is C15H16FN3OS. The maximum atomic E-state index is 13.9. The minimum Gasteiger partial charge on any atom is -0.301 e. The summed E-state index contributed by atoms with van der Waals surface area (Å²) in [5.41, 5.74) is 2.99. The quantitative estimate of drug-likeness (QED) is 0.697. The molecule has 1 N–H and O–H groups in total. The monoisotopic (exact) mass is 305 g/mol. The Morgan fingerprint density at radius 1 is 1.43 bits per heavy atom. The van der Waals surface area contributed by atoms with Crippen molar-refractivity contribution >= 4 is 11.8 Å². The second kappa shape index (κ2) is 5.97. The highest BCUT2D eigenvalue weighted by atomic mass is 32.2. The van der Waals surface area contributed by atoms with Gasteiger partial charge in [-0.1, -0.05) is 18.7 Å². The van der Waals surface area contributed by atoms with Crippen LogP contribution in [-0.2, 0) is 25.0 Å². The highest BCUT2D eigenvalue weighted by Crippen LogP contribution is 2.24. The molecule has 0 bridgehead atoms. The number of hydrogen-bond acceptors (Lipinski definition) is 4. The molecule has 2 aromatic heterocycles. The lowest BCUT2D eigenvalue weighted by Gasteiger charge is -2.08. The van der Waals surface area contributed by atoms with E-state index < -0.39 is 0 Å². The van der Waals surface area contributed by atoms with Gasteiger partial charge in [-0.05, 0) is 31.7 Å². The van der Waals surface area contributed by atoms with Crippen LogP contribution in [-0.4, -0.2) is 15.0 Å². The number of rotatable bonds is 4. The van der Waals surface area contributed by atoms with Gasteiger partial charge in [0.25, 0.3) is 5.56 Å². The van der Waals surface area contributed by atoms with Crippen LogP contribution in [0.4, 0.5) is 4.39 Å². The van der Waals surface area contributed by atoms with Gasteiger partial charge in [-0.2, -0.15) is 0 Å². The third kappa shape index (κ3) is 2.85. The molecule has 1 aliphatic rings. The molecule has 0 aromatic carbocycles. The molecule has 0 unspecified atom stereocenters. The molecule has 0 saturated heterocycles. The molecule has 21 heavy (non-hydrogen) atoms. The molecule has 0 atom stereocenters. The summed E-state index contributed by atoms with van der Waals surface area (Å²) >= 11 is 1.35. The SMILES string of the molecule is CCc1nccc(F)c1CSc1nc2c(c(=O)[nH]1)CCC2. The van der Waals surface area contributed by atoms with Gasteiger partial charge in [0.2, 0.25) is 0 Å². The van der Waals surface area contributed by atoms with Crippen LogP contribution in [0.5, 0.6) is 0 Å². The third-order valence-electron chi connectivity index (χ3n) is 3.70. The van der Waals surface area contributed by atoms with E-state index in [2.05, 4.69) is 15.0 Å². The minimum absolute atomic E-state index is 0.0534. The van der Waals surface area contributed by atoms with E-state index in [1.165, 1.54) is 24.0 Å². The molecule has 1 aliphatic carbocycles. The van der Waals surface area contributed by atoms with Gasteiger partial charge in [-0.3, -0.25) is 9.78 Å². The summed E-state index contributed by atoms with van der Waals surface area (Å²) in [5.74, 6) is 0.169. The molecule has 3 rings (SSSR count). The first kappa shape index (κ1) is 14.3. The molecule has 0 spiro atoms. The van der Waals surface area contributed by atoms with Gasteiger partial charge in [-0.15, -0.1) is 0 Å². The molecule has 110 valence electrons. The molecule has 0 fully saturated rings. The highest BCUT2D eigenvalue weighted by molar-refractivity contribution is 7.98. The summed E-state index contributed by atoms with van der Waals surface area (Å²) in [6.45, 7) is 1.95. The fourth-order valence-electron chi connectivity index (χ4n) is 2.59. The molecule has 2 heterocycles. The van der Waals surface area contributed by atoms with E-state index in [0.29, 0.717) is 22.9 Å². The number of nitrogens with one attached hydrogen (secondary N) is 1. The first-order valence-corrected chi connectivity index (χ1v) is 8.04. The van der Waals surface area contributed by atoms with Gasteiger partial charge in [0.1, 0.15) is 5.82 Å². The number of nitrogens with zero attached hydrogens (tertiary/aromatic N) is 2.